The smallest absolute Gasteiger partial charge is 0.306 e. The monoisotopic (exact) mass is 849 g/mol. The summed E-state index contributed by atoms with van der Waals surface area (Å²) in [7, 11) is 0. The highest BCUT2D eigenvalue weighted by Crippen LogP contribution is 2.14. The first-order valence-electron chi connectivity index (χ1n) is 25.1. The van der Waals surface area contributed by atoms with Crippen LogP contribution in [0.2, 0.25) is 0 Å². The predicted octanol–water partition coefficient (Wildman–Crippen LogP) is 16.4. The van der Waals surface area contributed by atoms with Gasteiger partial charge in [0.1, 0.15) is 13.2 Å². The summed E-state index contributed by atoms with van der Waals surface area (Å²) in [5, 5.41) is 0. The van der Waals surface area contributed by atoms with Gasteiger partial charge < -0.3 is 14.2 Å². The van der Waals surface area contributed by atoms with Crippen molar-refractivity contribution in [1.29, 1.82) is 0 Å². The number of carbonyl (C=O) groups excluding carboxylic acids is 3. The van der Waals surface area contributed by atoms with Crippen LogP contribution in [0.4, 0.5) is 0 Å². The van der Waals surface area contributed by atoms with Gasteiger partial charge in [0.2, 0.25) is 0 Å². The van der Waals surface area contributed by atoms with Crippen LogP contribution in [0, 0.1) is 0 Å². The van der Waals surface area contributed by atoms with Crippen LogP contribution in [0.15, 0.2) is 85.1 Å². The Kier molecular flexibility index (Phi) is 46.5. The fourth-order valence-electron chi connectivity index (χ4n) is 6.61. The molecule has 0 aromatic rings. The third kappa shape index (κ3) is 47.5. The largest absolute Gasteiger partial charge is 0.462 e. The van der Waals surface area contributed by atoms with Crippen LogP contribution in [-0.2, 0) is 28.6 Å². The average molecular weight is 849 g/mol. The Labute approximate surface area is 375 Å². The van der Waals surface area contributed by atoms with Gasteiger partial charge in [0.05, 0.1) is 0 Å². The third-order valence-corrected chi connectivity index (χ3v) is 10.4. The van der Waals surface area contributed by atoms with Crippen LogP contribution in [0.1, 0.15) is 226 Å². The average Bonchev–Trinajstić information content (AvgIpc) is 3.26. The summed E-state index contributed by atoms with van der Waals surface area (Å²) < 4.78 is 16.7. The Bertz CT molecular complexity index is 1200. The number of hydrogen-bond donors (Lipinski definition) is 0. The number of hydrogen-bond acceptors (Lipinski definition) is 6. The van der Waals surface area contributed by atoms with E-state index in [2.05, 4.69) is 106 Å². The normalized spacial score (nSPS) is 12.8. The fourth-order valence-corrected chi connectivity index (χ4v) is 6.61. The van der Waals surface area contributed by atoms with Gasteiger partial charge in [-0.1, -0.05) is 196 Å². The molecule has 0 N–H and O–H groups in total. The summed E-state index contributed by atoms with van der Waals surface area (Å²) >= 11 is 0. The molecule has 1 atom stereocenters. The van der Waals surface area contributed by atoms with E-state index in [0.717, 1.165) is 109 Å². The van der Waals surface area contributed by atoms with E-state index in [0.29, 0.717) is 19.3 Å². The van der Waals surface area contributed by atoms with Crippen molar-refractivity contribution in [2.24, 2.45) is 0 Å². The van der Waals surface area contributed by atoms with Crippen molar-refractivity contribution in [3.63, 3.8) is 0 Å². The summed E-state index contributed by atoms with van der Waals surface area (Å²) in [6, 6.07) is 0. The second-order valence-corrected chi connectivity index (χ2v) is 16.3. The minimum atomic E-state index is -0.800. The van der Waals surface area contributed by atoms with E-state index in [1.165, 1.54) is 77.0 Å². The topological polar surface area (TPSA) is 78.9 Å². The van der Waals surface area contributed by atoms with Crippen LogP contribution in [0.3, 0.4) is 0 Å². The molecule has 0 unspecified atom stereocenters. The van der Waals surface area contributed by atoms with Gasteiger partial charge in [0, 0.05) is 19.3 Å². The van der Waals surface area contributed by atoms with E-state index < -0.39 is 6.10 Å². The molecule has 0 rings (SSSR count). The minimum Gasteiger partial charge on any atom is -0.462 e. The van der Waals surface area contributed by atoms with Gasteiger partial charge >= 0.3 is 17.9 Å². The maximum absolute atomic E-state index is 12.7. The second-order valence-electron chi connectivity index (χ2n) is 16.3. The molecule has 0 aliphatic heterocycles. The third-order valence-electron chi connectivity index (χ3n) is 10.4. The fraction of sp³-hybridized carbons (Fsp3) is 0.691. The van der Waals surface area contributed by atoms with Crippen LogP contribution in [0.25, 0.3) is 0 Å². The molecule has 0 saturated heterocycles. The SMILES string of the molecule is CC/C=C\C/C=C\C/C=C\C/C=C\CCCCC(=O)OC[C@H](COC(=O)CCCCCC/C=C\C/C=C\C/C=C\CCCCC)OC(=O)CCCCCCCCCCCCC. The zero-order valence-corrected chi connectivity index (χ0v) is 39.7. The summed E-state index contributed by atoms with van der Waals surface area (Å²) in [5.41, 5.74) is 0. The molecule has 0 saturated carbocycles. The number of carbonyl (C=O) groups is 3. The number of esters is 3. The van der Waals surface area contributed by atoms with Crippen LogP contribution in [0.5, 0.6) is 0 Å². The Hall–Kier alpha value is -3.41. The van der Waals surface area contributed by atoms with E-state index in [-0.39, 0.29) is 31.1 Å². The van der Waals surface area contributed by atoms with Gasteiger partial charge in [0.15, 0.2) is 6.10 Å². The van der Waals surface area contributed by atoms with Crippen LogP contribution in [-0.4, -0.2) is 37.2 Å². The lowest BCUT2D eigenvalue weighted by atomic mass is 10.1. The van der Waals surface area contributed by atoms with E-state index in [4.69, 9.17) is 14.2 Å². The molecule has 0 aliphatic rings. The van der Waals surface area contributed by atoms with Crippen molar-refractivity contribution in [3.8, 4) is 0 Å². The van der Waals surface area contributed by atoms with E-state index in [9.17, 15) is 14.4 Å². The lowest BCUT2D eigenvalue weighted by Gasteiger charge is -2.18. The Balaban J connectivity index is 4.47. The van der Waals surface area contributed by atoms with Crippen molar-refractivity contribution < 1.29 is 28.6 Å². The highest BCUT2D eigenvalue weighted by atomic mass is 16.6. The molecule has 0 aliphatic carbocycles. The number of allylic oxidation sites excluding steroid dienone is 14. The van der Waals surface area contributed by atoms with Crippen molar-refractivity contribution >= 4 is 17.9 Å². The summed E-state index contributed by atoms with van der Waals surface area (Å²) in [4.78, 5) is 37.9. The highest BCUT2D eigenvalue weighted by Gasteiger charge is 2.19. The zero-order chi connectivity index (χ0) is 44.4. The van der Waals surface area contributed by atoms with Crippen molar-refractivity contribution in [1.82, 2.24) is 0 Å². The summed E-state index contributed by atoms with van der Waals surface area (Å²) in [6.45, 7) is 6.42. The lowest BCUT2D eigenvalue weighted by Crippen LogP contribution is -2.30. The van der Waals surface area contributed by atoms with Gasteiger partial charge in [-0.15, -0.1) is 0 Å². The van der Waals surface area contributed by atoms with Gasteiger partial charge in [-0.25, -0.2) is 0 Å². The number of ether oxygens (including phenoxy) is 3. The molecule has 0 aromatic heterocycles. The Morgan fingerprint density at radius 3 is 1.07 bits per heavy atom. The molecule has 0 fully saturated rings. The first-order valence-corrected chi connectivity index (χ1v) is 25.1. The van der Waals surface area contributed by atoms with Gasteiger partial charge in [-0.2, -0.15) is 0 Å². The molecule has 0 spiro atoms. The molecular weight excluding hydrogens is 757 g/mol. The molecule has 0 bridgehead atoms. The van der Waals surface area contributed by atoms with E-state index in [1.54, 1.807) is 0 Å². The minimum absolute atomic E-state index is 0.101. The summed E-state index contributed by atoms with van der Waals surface area (Å²) in [6.07, 6.45) is 62.8. The number of unbranched alkanes of at least 4 members (excludes halogenated alkanes) is 19. The van der Waals surface area contributed by atoms with Gasteiger partial charge in [-0.3, -0.25) is 14.4 Å². The van der Waals surface area contributed by atoms with Gasteiger partial charge in [0.25, 0.3) is 0 Å². The number of rotatable bonds is 44. The Morgan fingerprint density at radius 2 is 0.639 bits per heavy atom. The highest BCUT2D eigenvalue weighted by molar-refractivity contribution is 5.71. The molecule has 348 valence electrons. The molecule has 0 amide bonds. The molecule has 0 aromatic carbocycles. The molecule has 6 heteroatoms. The maximum Gasteiger partial charge on any atom is 0.306 e. The van der Waals surface area contributed by atoms with E-state index >= 15 is 0 Å². The van der Waals surface area contributed by atoms with Crippen molar-refractivity contribution in [2.75, 3.05) is 13.2 Å². The van der Waals surface area contributed by atoms with Crippen molar-refractivity contribution in [2.45, 2.75) is 232 Å². The second kappa shape index (κ2) is 49.2. The first-order chi connectivity index (χ1) is 30.0. The Morgan fingerprint density at radius 1 is 0.344 bits per heavy atom. The van der Waals surface area contributed by atoms with Gasteiger partial charge in [-0.05, 0) is 96.3 Å². The molecule has 0 heterocycles. The quantitative estimate of drug-likeness (QED) is 0.0263. The maximum atomic E-state index is 12.7. The molecular formula is C55H92O6. The summed E-state index contributed by atoms with van der Waals surface area (Å²) in [5.74, 6) is -0.965. The predicted molar refractivity (Wildman–Crippen MR) is 261 cm³/mol. The first kappa shape index (κ1) is 57.6. The lowest BCUT2D eigenvalue weighted by molar-refractivity contribution is -0.167. The van der Waals surface area contributed by atoms with Crippen LogP contribution >= 0.6 is 0 Å². The van der Waals surface area contributed by atoms with Crippen molar-refractivity contribution in [3.05, 3.63) is 85.1 Å². The van der Waals surface area contributed by atoms with Crippen LogP contribution < -0.4 is 0 Å². The standard InChI is InChI=1S/C55H92O6/c1-4-7-10-13-16-19-22-24-26-27-29-31-34-36-39-42-45-48-54(57)60-51-52(61-55(58)49-46-43-40-37-32-21-18-15-12-9-6-3)50-59-53(56)47-44-41-38-35-33-30-28-25-23-20-17-14-11-8-5-2/h8,11,16-17,19-20,24-26,28-29,31,33,35,52H,4-7,9-10,12-15,18,21-23,27,30,32,34,36-51H2,1-3H3/b11-8-,19-16-,20-17-,26-24-,28-25-,31-29-,35-33-/t52-/m1/s1. The zero-order valence-electron chi connectivity index (χ0n) is 39.7. The van der Waals surface area contributed by atoms with E-state index in [1.807, 2.05) is 0 Å². The molecule has 0 radical (unpaired) electrons. The molecule has 6 nitrogen and oxygen atoms in total. The molecule has 61 heavy (non-hydrogen) atoms.